The molecule has 5 nitrogen and oxygen atoms in total. The van der Waals surface area contributed by atoms with Crippen molar-refractivity contribution in [3.63, 3.8) is 0 Å². The topological polar surface area (TPSA) is 69.6 Å². The van der Waals surface area contributed by atoms with E-state index in [1.54, 1.807) is 18.2 Å². The van der Waals surface area contributed by atoms with Crippen LogP contribution in [0.2, 0.25) is 0 Å². The first-order valence-electron chi connectivity index (χ1n) is 7.96. The number of aliphatic hydroxyl groups is 1. The summed E-state index contributed by atoms with van der Waals surface area (Å²) in [6, 6.07) is 6.48. The Morgan fingerprint density at radius 3 is 2.46 bits per heavy atom. The van der Waals surface area contributed by atoms with Gasteiger partial charge in [-0.05, 0) is 37.8 Å². The van der Waals surface area contributed by atoms with Gasteiger partial charge in [-0.2, -0.15) is 8.78 Å². The van der Waals surface area contributed by atoms with Gasteiger partial charge in [-0.15, -0.1) is 0 Å². The van der Waals surface area contributed by atoms with E-state index in [4.69, 9.17) is 0 Å². The Bertz CT molecular complexity index is 630. The van der Waals surface area contributed by atoms with E-state index >= 15 is 0 Å². The van der Waals surface area contributed by atoms with Gasteiger partial charge in [0.1, 0.15) is 5.60 Å². The second kappa shape index (κ2) is 6.84. The molecule has 132 valence electrons. The maximum absolute atomic E-state index is 14.2. The van der Waals surface area contributed by atoms with Crippen molar-refractivity contribution in [1.29, 1.82) is 0 Å². The number of amides is 2. The van der Waals surface area contributed by atoms with Crippen molar-refractivity contribution in [1.82, 2.24) is 4.90 Å². The van der Waals surface area contributed by atoms with Gasteiger partial charge in [0.15, 0.2) is 0 Å². The third kappa shape index (κ3) is 3.40. The normalized spacial score (nSPS) is 16.2. The highest BCUT2D eigenvalue weighted by atomic mass is 19.3. The van der Waals surface area contributed by atoms with E-state index < -0.39 is 17.4 Å². The molecule has 1 fully saturated rings. The predicted octanol–water partition coefficient (Wildman–Crippen LogP) is 2.54. The number of hydrogen-bond acceptors (Lipinski definition) is 3. The number of anilines is 1. The van der Waals surface area contributed by atoms with Crippen LogP contribution < -0.4 is 5.32 Å². The van der Waals surface area contributed by atoms with Crippen molar-refractivity contribution in [3.8, 4) is 0 Å². The molecule has 1 aliphatic rings. The maximum Gasteiger partial charge on any atom is 0.352 e. The molecule has 0 aliphatic heterocycles. The zero-order chi connectivity index (χ0) is 18.0. The zero-order valence-corrected chi connectivity index (χ0v) is 13.8. The van der Waals surface area contributed by atoms with Crippen LogP contribution in [0.25, 0.3) is 0 Å². The van der Waals surface area contributed by atoms with Crippen molar-refractivity contribution < 1.29 is 23.5 Å². The van der Waals surface area contributed by atoms with E-state index in [0.29, 0.717) is 18.5 Å². The molecule has 0 radical (unpaired) electrons. The number of halogens is 2. The van der Waals surface area contributed by atoms with E-state index in [1.807, 2.05) is 6.92 Å². The summed E-state index contributed by atoms with van der Waals surface area (Å²) in [4.78, 5) is 25.1. The number of nitrogens with zero attached hydrogens (tertiary/aromatic N) is 1. The molecule has 1 aromatic rings. The lowest BCUT2D eigenvalue weighted by atomic mass is 9.75. The second-order valence-electron chi connectivity index (χ2n) is 6.10. The van der Waals surface area contributed by atoms with Gasteiger partial charge in [-0.25, -0.2) is 0 Å². The van der Waals surface area contributed by atoms with Gasteiger partial charge in [-0.1, -0.05) is 18.2 Å². The molecule has 2 amide bonds. The fourth-order valence-corrected chi connectivity index (χ4v) is 2.67. The molecule has 0 saturated heterocycles. The summed E-state index contributed by atoms with van der Waals surface area (Å²) < 4.78 is 28.4. The van der Waals surface area contributed by atoms with Crippen LogP contribution in [0.15, 0.2) is 24.3 Å². The molecule has 24 heavy (non-hydrogen) atoms. The lowest BCUT2D eigenvalue weighted by molar-refractivity contribution is -0.212. The van der Waals surface area contributed by atoms with E-state index in [1.165, 1.54) is 17.9 Å². The Hall–Kier alpha value is -2.02. The zero-order valence-electron chi connectivity index (χ0n) is 13.8. The third-order valence-electron chi connectivity index (χ3n) is 4.50. The quantitative estimate of drug-likeness (QED) is 0.836. The van der Waals surface area contributed by atoms with Crippen LogP contribution in [0.1, 0.15) is 38.7 Å². The first-order valence-corrected chi connectivity index (χ1v) is 7.96. The Kier molecular flexibility index (Phi) is 5.22. The SMILES string of the molecule is CCN(Cc1ccccc1NC(=O)C(F)(F)C1(O)CCC1)C(C)=O. The lowest BCUT2D eigenvalue weighted by Crippen LogP contribution is -2.59. The average Bonchev–Trinajstić information content (AvgIpc) is 2.50. The van der Waals surface area contributed by atoms with Crippen LogP contribution in [-0.2, 0) is 16.1 Å². The summed E-state index contributed by atoms with van der Waals surface area (Å²) in [5.41, 5.74) is -1.50. The lowest BCUT2D eigenvalue weighted by Gasteiger charge is -2.41. The molecule has 2 N–H and O–H groups in total. The van der Waals surface area contributed by atoms with Gasteiger partial charge < -0.3 is 15.3 Å². The summed E-state index contributed by atoms with van der Waals surface area (Å²) in [6.07, 6.45) is 0.284. The first kappa shape index (κ1) is 18.3. The molecular weight excluding hydrogens is 318 g/mol. The molecule has 1 saturated carbocycles. The number of carbonyl (C=O) groups excluding carboxylic acids is 2. The van der Waals surface area contributed by atoms with Gasteiger partial charge in [0.2, 0.25) is 5.91 Å². The smallest absolute Gasteiger partial charge is 0.352 e. The molecule has 2 rings (SSSR count). The van der Waals surface area contributed by atoms with Crippen LogP contribution in [0.5, 0.6) is 0 Å². The standard InChI is InChI=1S/C17H22F2N2O3/c1-3-21(12(2)22)11-13-7-4-5-8-14(13)20-15(23)17(18,19)16(24)9-6-10-16/h4-5,7-8,24H,3,6,9-11H2,1-2H3,(H,20,23). The Morgan fingerprint density at radius 1 is 1.33 bits per heavy atom. The molecule has 0 aromatic heterocycles. The summed E-state index contributed by atoms with van der Waals surface area (Å²) in [6.45, 7) is 3.90. The van der Waals surface area contributed by atoms with E-state index in [2.05, 4.69) is 5.32 Å². The minimum absolute atomic E-state index is 0.0942. The number of rotatable bonds is 6. The van der Waals surface area contributed by atoms with Gasteiger partial charge >= 0.3 is 5.92 Å². The summed E-state index contributed by atoms with van der Waals surface area (Å²) in [5, 5.41) is 12.1. The summed E-state index contributed by atoms with van der Waals surface area (Å²) in [7, 11) is 0. The Labute approximate surface area is 139 Å². The molecule has 0 atom stereocenters. The highest BCUT2D eigenvalue weighted by molar-refractivity contribution is 5.97. The van der Waals surface area contributed by atoms with Crippen LogP contribution in [0.3, 0.4) is 0 Å². The average molecular weight is 340 g/mol. The summed E-state index contributed by atoms with van der Waals surface area (Å²) >= 11 is 0. The molecule has 1 aliphatic carbocycles. The molecule has 0 heterocycles. The monoisotopic (exact) mass is 340 g/mol. The number of alkyl halides is 2. The van der Waals surface area contributed by atoms with E-state index in [9.17, 15) is 23.5 Å². The number of hydrogen-bond donors (Lipinski definition) is 2. The van der Waals surface area contributed by atoms with Gasteiger partial charge in [0.25, 0.3) is 5.91 Å². The first-order chi connectivity index (χ1) is 11.2. The van der Waals surface area contributed by atoms with Crippen LogP contribution in [0, 0.1) is 0 Å². The fourth-order valence-electron chi connectivity index (χ4n) is 2.67. The fraction of sp³-hybridized carbons (Fsp3) is 0.529. The molecule has 7 heteroatoms. The van der Waals surface area contributed by atoms with Crippen LogP contribution in [-0.4, -0.2) is 39.9 Å². The van der Waals surface area contributed by atoms with Gasteiger partial charge in [0.05, 0.1) is 0 Å². The number of para-hydroxylation sites is 1. The Balaban J connectivity index is 2.18. The van der Waals surface area contributed by atoms with E-state index in [0.717, 1.165) is 0 Å². The second-order valence-corrected chi connectivity index (χ2v) is 6.10. The number of nitrogens with one attached hydrogen (secondary N) is 1. The minimum Gasteiger partial charge on any atom is -0.383 e. The molecule has 0 bridgehead atoms. The summed E-state index contributed by atoms with van der Waals surface area (Å²) in [5.74, 6) is -5.53. The number of carbonyl (C=O) groups is 2. The predicted molar refractivity (Wildman–Crippen MR) is 85.6 cm³/mol. The van der Waals surface area contributed by atoms with Crippen molar-refractivity contribution >= 4 is 17.5 Å². The van der Waals surface area contributed by atoms with Crippen LogP contribution in [0.4, 0.5) is 14.5 Å². The largest absolute Gasteiger partial charge is 0.383 e. The van der Waals surface area contributed by atoms with Crippen LogP contribution >= 0.6 is 0 Å². The van der Waals surface area contributed by atoms with Crippen molar-refractivity contribution in [2.75, 3.05) is 11.9 Å². The van der Waals surface area contributed by atoms with Gasteiger partial charge in [0, 0.05) is 25.7 Å². The molecule has 1 aromatic carbocycles. The van der Waals surface area contributed by atoms with Crippen molar-refractivity contribution in [2.45, 2.75) is 51.2 Å². The molecular formula is C17H22F2N2O3. The number of benzene rings is 1. The molecule has 0 spiro atoms. The minimum atomic E-state index is -3.86. The highest BCUT2D eigenvalue weighted by Gasteiger charge is 2.61. The molecule has 0 unspecified atom stereocenters. The Morgan fingerprint density at radius 2 is 1.96 bits per heavy atom. The highest BCUT2D eigenvalue weighted by Crippen LogP contribution is 2.44. The third-order valence-corrected chi connectivity index (χ3v) is 4.50. The van der Waals surface area contributed by atoms with Crippen molar-refractivity contribution in [3.05, 3.63) is 29.8 Å². The van der Waals surface area contributed by atoms with Gasteiger partial charge in [-0.3, -0.25) is 9.59 Å². The van der Waals surface area contributed by atoms with E-state index in [-0.39, 0.29) is 31.0 Å². The maximum atomic E-state index is 14.2. The van der Waals surface area contributed by atoms with Crippen molar-refractivity contribution in [2.24, 2.45) is 0 Å².